The van der Waals surface area contributed by atoms with Gasteiger partial charge in [0.05, 0.1) is 16.6 Å². The van der Waals surface area contributed by atoms with Crippen LogP contribution >= 0.6 is 0 Å². The van der Waals surface area contributed by atoms with Gasteiger partial charge in [-0.05, 0) is 79.5 Å². The molecule has 0 saturated heterocycles. The number of aromatic nitrogens is 4. The largest absolute Gasteiger partial charge is 0.248 e. The van der Waals surface area contributed by atoms with Gasteiger partial charge in [-0.3, -0.25) is 0 Å². The smallest absolute Gasteiger partial charge is 0.164 e. The molecule has 0 saturated carbocycles. The molecular formula is C59H38N4. The van der Waals surface area contributed by atoms with Crippen molar-refractivity contribution in [2.45, 2.75) is 5.41 Å². The molecule has 0 radical (unpaired) electrons. The zero-order chi connectivity index (χ0) is 41.7. The van der Waals surface area contributed by atoms with Crippen molar-refractivity contribution in [2.75, 3.05) is 0 Å². The summed E-state index contributed by atoms with van der Waals surface area (Å²) in [4.78, 5) is 21.0. The molecule has 2 heterocycles. The Kier molecular flexibility index (Phi) is 8.68. The Labute approximate surface area is 365 Å². The second kappa shape index (κ2) is 15.0. The molecule has 0 bridgehead atoms. The van der Waals surface area contributed by atoms with E-state index in [1.165, 1.54) is 33.4 Å². The molecule has 0 fully saturated rings. The summed E-state index contributed by atoms with van der Waals surface area (Å²) < 4.78 is 0. The Morgan fingerprint density at radius 3 is 1.57 bits per heavy atom. The van der Waals surface area contributed by atoms with Crippen LogP contribution in [-0.2, 0) is 5.41 Å². The molecule has 294 valence electrons. The van der Waals surface area contributed by atoms with Crippen molar-refractivity contribution < 1.29 is 0 Å². The average Bonchev–Trinajstić information content (AvgIpc) is 3.66. The number of nitrogens with zero attached hydrogens (tertiary/aromatic N) is 4. The molecule has 0 amide bonds. The van der Waals surface area contributed by atoms with Gasteiger partial charge in [0.2, 0.25) is 0 Å². The van der Waals surface area contributed by atoms with E-state index in [1.807, 2.05) is 18.2 Å². The third kappa shape index (κ3) is 6.07. The summed E-state index contributed by atoms with van der Waals surface area (Å²) in [5.74, 6) is 1.88. The minimum absolute atomic E-state index is 0.538. The maximum atomic E-state index is 5.49. The highest BCUT2D eigenvalue weighted by Gasteiger charge is 2.46. The minimum Gasteiger partial charge on any atom is -0.248 e. The first-order valence-corrected chi connectivity index (χ1v) is 21.4. The molecule has 12 rings (SSSR count). The number of hydrogen-bond acceptors (Lipinski definition) is 4. The molecule has 0 N–H and O–H groups in total. The van der Waals surface area contributed by atoms with E-state index in [2.05, 4.69) is 212 Å². The van der Waals surface area contributed by atoms with Crippen molar-refractivity contribution in [1.29, 1.82) is 0 Å². The van der Waals surface area contributed by atoms with E-state index in [9.17, 15) is 0 Å². The molecule has 0 atom stereocenters. The first kappa shape index (κ1) is 36.5. The van der Waals surface area contributed by atoms with Crippen molar-refractivity contribution in [2.24, 2.45) is 0 Å². The first-order chi connectivity index (χ1) is 31.2. The van der Waals surface area contributed by atoms with Crippen molar-refractivity contribution in [3.8, 4) is 67.7 Å². The van der Waals surface area contributed by atoms with Gasteiger partial charge in [-0.15, -0.1) is 0 Å². The van der Waals surface area contributed by atoms with Gasteiger partial charge < -0.3 is 0 Å². The maximum Gasteiger partial charge on any atom is 0.164 e. The topological polar surface area (TPSA) is 51.6 Å². The van der Waals surface area contributed by atoms with Crippen LogP contribution in [0, 0.1) is 0 Å². The van der Waals surface area contributed by atoms with E-state index >= 15 is 0 Å². The molecular weight excluding hydrogens is 765 g/mol. The Bertz CT molecular complexity index is 3450. The van der Waals surface area contributed by atoms with E-state index < -0.39 is 5.41 Å². The van der Waals surface area contributed by atoms with Gasteiger partial charge in [-0.2, -0.15) is 0 Å². The number of fused-ring (bicyclic) bond motifs is 5. The molecule has 0 spiro atoms. The van der Waals surface area contributed by atoms with Gasteiger partial charge in [0.25, 0.3) is 0 Å². The highest BCUT2D eigenvalue weighted by atomic mass is 15.0. The lowest BCUT2D eigenvalue weighted by Gasteiger charge is -2.34. The minimum atomic E-state index is -0.538. The predicted octanol–water partition coefficient (Wildman–Crippen LogP) is 14.3. The van der Waals surface area contributed by atoms with E-state index in [0.29, 0.717) is 17.5 Å². The second-order valence-corrected chi connectivity index (χ2v) is 16.1. The monoisotopic (exact) mass is 802 g/mol. The molecule has 0 aliphatic heterocycles. The fourth-order valence-electron chi connectivity index (χ4n) is 9.74. The molecule has 0 unspecified atom stereocenters. The number of pyridine rings is 1. The zero-order valence-corrected chi connectivity index (χ0v) is 34.2. The summed E-state index contributed by atoms with van der Waals surface area (Å²) in [6.45, 7) is 0. The first-order valence-electron chi connectivity index (χ1n) is 21.4. The van der Waals surface area contributed by atoms with Crippen LogP contribution in [0.15, 0.2) is 231 Å². The molecule has 11 aromatic rings. The van der Waals surface area contributed by atoms with Gasteiger partial charge in [0, 0.05) is 27.6 Å². The Morgan fingerprint density at radius 1 is 0.286 bits per heavy atom. The van der Waals surface area contributed by atoms with Crippen molar-refractivity contribution in [3.63, 3.8) is 0 Å². The standard InChI is InChI=1S/C59H38N4/c1-5-20-40(21-6-1)54-37-49(51-36-50-47-32-15-16-34-52(47)59(44-27-9-3-10-28-44,45-29-11-4-12-30-45)53(50)38-55(51)60-54)42-25-17-26-43(35-42)57-61-56(41-22-7-2-8-23-41)62-58(63-57)48-33-18-24-39-19-13-14-31-46(39)48/h1-38H. The third-order valence-electron chi connectivity index (χ3n) is 12.6. The fraction of sp³-hybridized carbons (Fsp3) is 0.0169. The van der Waals surface area contributed by atoms with E-state index in [1.54, 1.807) is 0 Å². The van der Waals surface area contributed by atoms with Crippen LogP contribution in [0.4, 0.5) is 0 Å². The maximum absolute atomic E-state index is 5.49. The zero-order valence-electron chi connectivity index (χ0n) is 34.2. The van der Waals surface area contributed by atoms with Gasteiger partial charge in [-0.25, -0.2) is 19.9 Å². The Balaban J connectivity index is 1.10. The number of rotatable bonds is 7. The Hall–Kier alpha value is -8.34. The lowest BCUT2D eigenvalue weighted by atomic mass is 9.67. The quantitative estimate of drug-likeness (QED) is 0.161. The van der Waals surface area contributed by atoms with Crippen LogP contribution in [0.5, 0.6) is 0 Å². The van der Waals surface area contributed by atoms with Crippen LogP contribution < -0.4 is 0 Å². The van der Waals surface area contributed by atoms with E-state index in [0.717, 1.165) is 60.8 Å². The highest BCUT2D eigenvalue weighted by molar-refractivity contribution is 6.03. The van der Waals surface area contributed by atoms with Crippen LogP contribution in [0.1, 0.15) is 22.3 Å². The van der Waals surface area contributed by atoms with E-state index in [4.69, 9.17) is 19.9 Å². The van der Waals surface area contributed by atoms with Gasteiger partial charge in [0.15, 0.2) is 17.5 Å². The van der Waals surface area contributed by atoms with Gasteiger partial charge >= 0.3 is 0 Å². The molecule has 63 heavy (non-hydrogen) atoms. The highest BCUT2D eigenvalue weighted by Crippen LogP contribution is 2.57. The number of hydrogen-bond donors (Lipinski definition) is 0. The molecule has 4 nitrogen and oxygen atoms in total. The van der Waals surface area contributed by atoms with Crippen LogP contribution in [0.3, 0.4) is 0 Å². The third-order valence-corrected chi connectivity index (χ3v) is 12.6. The van der Waals surface area contributed by atoms with Crippen molar-refractivity contribution in [1.82, 2.24) is 19.9 Å². The van der Waals surface area contributed by atoms with Crippen molar-refractivity contribution >= 4 is 21.7 Å². The van der Waals surface area contributed by atoms with Crippen molar-refractivity contribution in [3.05, 3.63) is 253 Å². The summed E-state index contributed by atoms with van der Waals surface area (Å²) >= 11 is 0. The normalized spacial score (nSPS) is 12.6. The SMILES string of the molecule is c1ccc(-c2cc(-c3cccc(-c4nc(-c5ccccc5)nc(-c5cccc6ccccc56)n4)c3)c3cc4c(cc3n2)C(c2ccccc2)(c2ccccc2)c2ccccc2-4)cc1. The summed E-state index contributed by atoms with van der Waals surface area (Å²) in [5, 5.41) is 3.31. The van der Waals surface area contributed by atoms with Gasteiger partial charge in [0.1, 0.15) is 0 Å². The molecule has 1 aliphatic rings. The number of benzene rings is 9. The summed E-state index contributed by atoms with van der Waals surface area (Å²) in [7, 11) is 0. The second-order valence-electron chi connectivity index (χ2n) is 16.1. The van der Waals surface area contributed by atoms with E-state index in [-0.39, 0.29) is 0 Å². The molecule has 1 aliphatic carbocycles. The predicted molar refractivity (Wildman–Crippen MR) is 257 cm³/mol. The van der Waals surface area contributed by atoms with Crippen LogP contribution in [-0.4, -0.2) is 19.9 Å². The summed E-state index contributed by atoms with van der Waals surface area (Å²) in [6, 6.07) is 81.7. The summed E-state index contributed by atoms with van der Waals surface area (Å²) in [5.41, 5.74) is 14.7. The average molecular weight is 803 g/mol. The fourth-order valence-corrected chi connectivity index (χ4v) is 9.74. The molecule has 9 aromatic carbocycles. The Morgan fingerprint density at radius 2 is 0.825 bits per heavy atom. The summed E-state index contributed by atoms with van der Waals surface area (Å²) in [6.07, 6.45) is 0. The van der Waals surface area contributed by atoms with Gasteiger partial charge in [-0.1, -0.05) is 206 Å². The lowest BCUT2D eigenvalue weighted by Crippen LogP contribution is -2.28. The molecule has 2 aromatic heterocycles. The van der Waals surface area contributed by atoms with Crippen LogP contribution in [0.25, 0.3) is 89.4 Å². The van der Waals surface area contributed by atoms with Crippen LogP contribution in [0.2, 0.25) is 0 Å². The lowest BCUT2D eigenvalue weighted by molar-refractivity contribution is 0.769. The molecule has 4 heteroatoms.